The smallest absolute Gasteiger partial charge is 0.233 e. The normalized spacial score (nSPS) is 10.3. The monoisotopic (exact) mass is 248 g/mol. The first kappa shape index (κ1) is 14.2. The molecule has 1 rings (SSSR count). The first-order chi connectivity index (χ1) is 8.38. The first-order valence-corrected chi connectivity index (χ1v) is 6.05. The summed E-state index contributed by atoms with van der Waals surface area (Å²) in [4.78, 5) is 23.0. The third-order valence-electron chi connectivity index (χ3n) is 2.56. The van der Waals surface area contributed by atoms with Crippen molar-refractivity contribution in [2.45, 2.75) is 40.2 Å². The van der Waals surface area contributed by atoms with Crippen LogP contribution in [0.5, 0.6) is 0 Å². The Hall–Kier alpha value is -1.84. The van der Waals surface area contributed by atoms with E-state index in [1.54, 1.807) is 0 Å². The van der Waals surface area contributed by atoms with Crippen molar-refractivity contribution in [3.05, 3.63) is 29.3 Å². The van der Waals surface area contributed by atoms with Crippen LogP contribution in [-0.2, 0) is 9.59 Å². The fourth-order valence-corrected chi connectivity index (χ4v) is 1.54. The van der Waals surface area contributed by atoms with Gasteiger partial charge in [0, 0.05) is 11.7 Å². The Morgan fingerprint density at radius 1 is 1.11 bits per heavy atom. The summed E-state index contributed by atoms with van der Waals surface area (Å²) in [5.41, 5.74) is 3.01. The lowest BCUT2D eigenvalue weighted by Crippen LogP contribution is -2.33. The first-order valence-electron chi connectivity index (χ1n) is 6.05. The summed E-state index contributed by atoms with van der Waals surface area (Å²) in [7, 11) is 0. The summed E-state index contributed by atoms with van der Waals surface area (Å²) in [6.07, 6.45) is -0.148. The van der Waals surface area contributed by atoms with Crippen LogP contribution in [0.15, 0.2) is 18.2 Å². The van der Waals surface area contributed by atoms with Gasteiger partial charge in [-0.15, -0.1) is 0 Å². The maximum Gasteiger partial charge on any atom is 0.233 e. The topological polar surface area (TPSA) is 58.2 Å². The molecule has 98 valence electrons. The minimum Gasteiger partial charge on any atom is -0.353 e. The number of nitrogens with one attached hydrogen (secondary N) is 2. The summed E-state index contributed by atoms with van der Waals surface area (Å²) < 4.78 is 0. The van der Waals surface area contributed by atoms with E-state index in [0.717, 1.165) is 11.3 Å². The Balaban J connectivity index is 2.54. The molecule has 0 aliphatic carbocycles. The molecule has 0 aromatic heterocycles. The van der Waals surface area contributed by atoms with Gasteiger partial charge in [0.1, 0.15) is 6.42 Å². The lowest BCUT2D eigenvalue weighted by Gasteiger charge is -2.09. The van der Waals surface area contributed by atoms with Crippen LogP contribution < -0.4 is 10.6 Å². The van der Waals surface area contributed by atoms with E-state index >= 15 is 0 Å². The van der Waals surface area contributed by atoms with Gasteiger partial charge in [-0.1, -0.05) is 6.07 Å². The molecule has 0 atom stereocenters. The van der Waals surface area contributed by atoms with Gasteiger partial charge < -0.3 is 10.6 Å². The second-order valence-corrected chi connectivity index (χ2v) is 4.75. The van der Waals surface area contributed by atoms with Gasteiger partial charge in [0.05, 0.1) is 0 Å². The summed E-state index contributed by atoms with van der Waals surface area (Å²) in [5, 5.41) is 5.39. The Bertz CT molecular complexity index is 453. The number of aryl methyl sites for hydroxylation is 2. The molecule has 0 bridgehead atoms. The van der Waals surface area contributed by atoms with E-state index in [4.69, 9.17) is 0 Å². The summed E-state index contributed by atoms with van der Waals surface area (Å²) in [6, 6.07) is 5.72. The van der Waals surface area contributed by atoms with E-state index in [0.29, 0.717) is 0 Å². The second kappa shape index (κ2) is 6.19. The second-order valence-electron chi connectivity index (χ2n) is 4.75. The predicted molar refractivity (Wildman–Crippen MR) is 72.4 cm³/mol. The molecule has 0 fully saturated rings. The largest absolute Gasteiger partial charge is 0.353 e. The standard InChI is InChI=1S/C14H20N2O2/c1-9(2)15-13(17)8-14(18)16-12-6-5-10(3)11(4)7-12/h5-7,9H,8H2,1-4H3,(H,15,17)(H,16,18). The molecule has 0 saturated heterocycles. The maximum atomic E-state index is 11.6. The Kier molecular flexibility index (Phi) is 4.89. The number of rotatable bonds is 4. The molecular weight excluding hydrogens is 228 g/mol. The zero-order chi connectivity index (χ0) is 13.7. The number of carbonyl (C=O) groups is 2. The van der Waals surface area contributed by atoms with E-state index in [1.807, 2.05) is 45.9 Å². The van der Waals surface area contributed by atoms with Crippen molar-refractivity contribution in [1.29, 1.82) is 0 Å². The van der Waals surface area contributed by atoms with Crippen LogP contribution in [-0.4, -0.2) is 17.9 Å². The molecule has 0 saturated carbocycles. The fraction of sp³-hybridized carbons (Fsp3) is 0.429. The van der Waals surface area contributed by atoms with Gasteiger partial charge in [-0.3, -0.25) is 9.59 Å². The predicted octanol–water partition coefficient (Wildman–Crippen LogP) is 2.16. The van der Waals surface area contributed by atoms with E-state index in [1.165, 1.54) is 5.56 Å². The van der Waals surface area contributed by atoms with Gasteiger partial charge in [-0.05, 0) is 51.0 Å². The summed E-state index contributed by atoms with van der Waals surface area (Å²) in [5.74, 6) is -0.553. The summed E-state index contributed by atoms with van der Waals surface area (Å²) in [6.45, 7) is 7.71. The molecule has 0 aliphatic heterocycles. The summed E-state index contributed by atoms with van der Waals surface area (Å²) >= 11 is 0. The van der Waals surface area contributed by atoms with Crippen molar-refractivity contribution in [2.24, 2.45) is 0 Å². The highest BCUT2D eigenvalue weighted by Crippen LogP contribution is 2.14. The third kappa shape index (κ3) is 4.57. The number of benzene rings is 1. The Labute approximate surface area is 108 Å². The molecule has 1 aromatic rings. The average Bonchev–Trinajstić information content (AvgIpc) is 2.21. The lowest BCUT2D eigenvalue weighted by atomic mass is 10.1. The van der Waals surface area contributed by atoms with Crippen LogP contribution >= 0.6 is 0 Å². The molecule has 4 nitrogen and oxygen atoms in total. The highest BCUT2D eigenvalue weighted by Gasteiger charge is 2.10. The van der Waals surface area contributed by atoms with Gasteiger partial charge in [-0.2, -0.15) is 0 Å². The van der Waals surface area contributed by atoms with Gasteiger partial charge >= 0.3 is 0 Å². The lowest BCUT2D eigenvalue weighted by molar-refractivity contribution is -0.127. The third-order valence-corrected chi connectivity index (χ3v) is 2.56. The number of anilines is 1. The van der Waals surface area contributed by atoms with E-state index in [-0.39, 0.29) is 24.3 Å². The zero-order valence-corrected chi connectivity index (χ0v) is 11.3. The molecular formula is C14H20N2O2. The van der Waals surface area contributed by atoms with Crippen molar-refractivity contribution >= 4 is 17.5 Å². The van der Waals surface area contributed by atoms with Crippen molar-refractivity contribution < 1.29 is 9.59 Å². The Morgan fingerprint density at radius 2 is 1.78 bits per heavy atom. The quantitative estimate of drug-likeness (QED) is 0.802. The number of amides is 2. The van der Waals surface area contributed by atoms with Crippen molar-refractivity contribution in [1.82, 2.24) is 5.32 Å². The van der Waals surface area contributed by atoms with Gasteiger partial charge in [0.15, 0.2) is 0 Å². The van der Waals surface area contributed by atoms with Gasteiger partial charge in [0.25, 0.3) is 0 Å². The van der Waals surface area contributed by atoms with E-state index < -0.39 is 0 Å². The Morgan fingerprint density at radius 3 is 2.33 bits per heavy atom. The molecule has 0 radical (unpaired) electrons. The van der Waals surface area contributed by atoms with Crippen LogP contribution in [0.1, 0.15) is 31.4 Å². The molecule has 0 unspecified atom stereocenters. The minimum atomic E-state index is -0.295. The molecule has 1 aromatic carbocycles. The zero-order valence-electron chi connectivity index (χ0n) is 11.3. The van der Waals surface area contributed by atoms with Gasteiger partial charge in [0.2, 0.25) is 11.8 Å². The van der Waals surface area contributed by atoms with E-state index in [2.05, 4.69) is 10.6 Å². The molecule has 0 aliphatic rings. The van der Waals surface area contributed by atoms with E-state index in [9.17, 15) is 9.59 Å². The average molecular weight is 248 g/mol. The molecule has 2 N–H and O–H groups in total. The minimum absolute atomic E-state index is 0.0481. The number of carbonyl (C=O) groups excluding carboxylic acids is 2. The molecule has 0 heterocycles. The highest BCUT2D eigenvalue weighted by atomic mass is 16.2. The number of hydrogen-bond donors (Lipinski definition) is 2. The van der Waals surface area contributed by atoms with Crippen LogP contribution in [0, 0.1) is 13.8 Å². The van der Waals surface area contributed by atoms with Crippen molar-refractivity contribution in [3.8, 4) is 0 Å². The van der Waals surface area contributed by atoms with Crippen molar-refractivity contribution in [2.75, 3.05) is 5.32 Å². The molecule has 0 spiro atoms. The number of hydrogen-bond acceptors (Lipinski definition) is 2. The van der Waals surface area contributed by atoms with Crippen LogP contribution in [0.3, 0.4) is 0 Å². The molecule has 4 heteroatoms. The highest BCUT2D eigenvalue weighted by molar-refractivity contribution is 6.03. The maximum absolute atomic E-state index is 11.6. The molecule has 2 amide bonds. The SMILES string of the molecule is Cc1ccc(NC(=O)CC(=O)NC(C)C)cc1C. The van der Waals surface area contributed by atoms with Crippen LogP contribution in [0.4, 0.5) is 5.69 Å². The van der Waals surface area contributed by atoms with Crippen molar-refractivity contribution in [3.63, 3.8) is 0 Å². The van der Waals surface area contributed by atoms with Gasteiger partial charge in [-0.25, -0.2) is 0 Å². The van der Waals surface area contributed by atoms with Crippen LogP contribution in [0.25, 0.3) is 0 Å². The molecule has 18 heavy (non-hydrogen) atoms. The fourth-order valence-electron chi connectivity index (χ4n) is 1.54. The van der Waals surface area contributed by atoms with Crippen LogP contribution in [0.2, 0.25) is 0 Å².